The summed E-state index contributed by atoms with van der Waals surface area (Å²) in [5, 5.41) is 12.0. The molecule has 0 spiro atoms. The Labute approximate surface area is 122 Å². The van der Waals surface area contributed by atoms with Gasteiger partial charge in [-0.15, -0.1) is 0 Å². The maximum atomic E-state index is 11.1. The van der Waals surface area contributed by atoms with Crippen molar-refractivity contribution in [2.24, 2.45) is 11.7 Å². The summed E-state index contributed by atoms with van der Waals surface area (Å²) in [5.74, 6) is 0.587. The standard InChI is InChI=1S/C15H18N4O2/c16-10-11-5-8-18(9-6-11)13-3-4-14(19(20)21)15-12(13)2-1-7-17-15/h1-4,7,11H,5-6,8-10,16H2. The van der Waals surface area contributed by atoms with Gasteiger partial charge in [-0.3, -0.25) is 10.1 Å². The van der Waals surface area contributed by atoms with Crippen LogP contribution in [-0.4, -0.2) is 29.5 Å². The van der Waals surface area contributed by atoms with E-state index in [4.69, 9.17) is 5.73 Å². The van der Waals surface area contributed by atoms with E-state index in [0.29, 0.717) is 11.4 Å². The molecule has 1 aromatic carbocycles. The van der Waals surface area contributed by atoms with Crippen LogP contribution in [0.4, 0.5) is 11.4 Å². The van der Waals surface area contributed by atoms with E-state index in [0.717, 1.165) is 43.5 Å². The van der Waals surface area contributed by atoms with Crippen molar-refractivity contribution < 1.29 is 4.92 Å². The molecule has 1 aromatic heterocycles. The van der Waals surface area contributed by atoms with Crippen LogP contribution in [-0.2, 0) is 0 Å². The van der Waals surface area contributed by atoms with Crippen molar-refractivity contribution in [3.8, 4) is 0 Å². The first-order valence-electron chi connectivity index (χ1n) is 7.18. The number of nitro benzene ring substituents is 1. The number of non-ortho nitro benzene ring substituents is 1. The average molecular weight is 286 g/mol. The molecule has 0 bridgehead atoms. The number of nitrogens with zero attached hydrogens (tertiary/aromatic N) is 3. The Bertz CT molecular complexity index is 666. The van der Waals surface area contributed by atoms with E-state index in [-0.39, 0.29) is 10.6 Å². The van der Waals surface area contributed by atoms with Crippen molar-refractivity contribution in [2.75, 3.05) is 24.5 Å². The van der Waals surface area contributed by atoms with Gasteiger partial charge in [-0.1, -0.05) is 0 Å². The van der Waals surface area contributed by atoms with E-state index in [1.165, 1.54) is 0 Å². The third-order valence-corrected chi connectivity index (χ3v) is 4.21. The van der Waals surface area contributed by atoms with Crippen molar-refractivity contribution in [3.05, 3.63) is 40.6 Å². The van der Waals surface area contributed by atoms with Crippen LogP contribution in [0.1, 0.15) is 12.8 Å². The first-order valence-corrected chi connectivity index (χ1v) is 7.18. The minimum Gasteiger partial charge on any atom is -0.371 e. The zero-order valence-electron chi connectivity index (χ0n) is 11.7. The van der Waals surface area contributed by atoms with Gasteiger partial charge in [0.2, 0.25) is 0 Å². The van der Waals surface area contributed by atoms with Crippen molar-refractivity contribution in [3.63, 3.8) is 0 Å². The second-order valence-electron chi connectivity index (χ2n) is 5.43. The molecule has 0 saturated carbocycles. The molecule has 6 nitrogen and oxygen atoms in total. The molecule has 0 aliphatic carbocycles. The van der Waals surface area contributed by atoms with Gasteiger partial charge in [0.05, 0.1) is 4.92 Å². The Kier molecular flexibility index (Phi) is 3.70. The minimum atomic E-state index is -0.375. The number of anilines is 1. The van der Waals surface area contributed by atoms with Crippen molar-refractivity contribution in [1.29, 1.82) is 0 Å². The Hall–Kier alpha value is -2.21. The van der Waals surface area contributed by atoms with Crippen LogP contribution in [0.25, 0.3) is 10.9 Å². The smallest absolute Gasteiger partial charge is 0.295 e. The van der Waals surface area contributed by atoms with Crippen LogP contribution in [0.2, 0.25) is 0 Å². The molecule has 0 radical (unpaired) electrons. The molecular weight excluding hydrogens is 268 g/mol. The lowest BCUT2D eigenvalue weighted by atomic mass is 9.96. The lowest BCUT2D eigenvalue weighted by molar-refractivity contribution is -0.383. The van der Waals surface area contributed by atoms with Gasteiger partial charge in [-0.05, 0) is 43.5 Å². The van der Waals surface area contributed by atoms with Gasteiger partial charge >= 0.3 is 0 Å². The molecule has 0 unspecified atom stereocenters. The molecule has 2 N–H and O–H groups in total. The van der Waals surface area contributed by atoms with Crippen molar-refractivity contribution >= 4 is 22.3 Å². The number of benzene rings is 1. The maximum Gasteiger partial charge on any atom is 0.295 e. The molecule has 1 saturated heterocycles. The highest BCUT2D eigenvalue weighted by atomic mass is 16.6. The first kappa shape index (κ1) is 13.8. The summed E-state index contributed by atoms with van der Waals surface area (Å²) in [6, 6.07) is 7.12. The second kappa shape index (κ2) is 5.65. The van der Waals surface area contributed by atoms with Crippen LogP contribution in [0, 0.1) is 16.0 Å². The van der Waals surface area contributed by atoms with E-state index >= 15 is 0 Å². The molecule has 2 aromatic rings. The summed E-state index contributed by atoms with van der Waals surface area (Å²) >= 11 is 0. The quantitative estimate of drug-likeness (QED) is 0.691. The minimum absolute atomic E-state index is 0.0613. The largest absolute Gasteiger partial charge is 0.371 e. The number of hydrogen-bond donors (Lipinski definition) is 1. The summed E-state index contributed by atoms with van der Waals surface area (Å²) in [5.41, 5.74) is 7.28. The lowest BCUT2D eigenvalue weighted by Crippen LogP contribution is -2.36. The Morgan fingerprint density at radius 2 is 2.10 bits per heavy atom. The highest BCUT2D eigenvalue weighted by Gasteiger charge is 2.22. The average Bonchev–Trinajstić information content (AvgIpc) is 2.54. The van der Waals surface area contributed by atoms with Gasteiger partial charge in [0, 0.05) is 36.4 Å². The van der Waals surface area contributed by atoms with Crippen molar-refractivity contribution in [2.45, 2.75) is 12.8 Å². The Balaban J connectivity index is 2.00. The highest BCUT2D eigenvalue weighted by molar-refractivity contribution is 5.97. The maximum absolute atomic E-state index is 11.1. The molecule has 0 atom stereocenters. The number of nitrogens with two attached hydrogens (primary N) is 1. The zero-order chi connectivity index (χ0) is 14.8. The Morgan fingerprint density at radius 3 is 2.76 bits per heavy atom. The molecule has 3 rings (SSSR count). The van der Waals surface area contributed by atoms with Crippen LogP contribution in [0.3, 0.4) is 0 Å². The topological polar surface area (TPSA) is 85.3 Å². The van der Waals surface area contributed by atoms with Gasteiger partial charge in [0.25, 0.3) is 5.69 Å². The number of rotatable bonds is 3. The van der Waals surface area contributed by atoms with Gasteiger partial charge in [-0.2, -0.15) is 0 Å². The van der Waals surface area contributed by atoms with E-state index in [1.54, 1.807) is 12.3 Å². The molecule has 110 valence electrons. The number of pyridine rings is 1. The molecule has 6 heteroatoms. The normalized spacial score (nSPS) is 16.3. The fraction of sp³-hybridized carbons (Fsp3) is 0.400. The van der Waals surface area contributed by atoms with Crippen LogP contribution >= 0.6 is 0 Å². The number of aromatic nitrogens is 1. The summed E-state index contributed by atoms with van der Waals surface area (Å²) in [4.78, 5) is 17.2. The predicted molar refractivity (Wildman–Crippen MR) is 82.4 cm³/mol. The summed E-state index contributed by atoms with van der Waals surface area (Å²) in [6.07, 6.45) is 3.73. The fourth-order valence-corrected chi connectivity index (χ4v) is 2.98. The van der Waals surface area contributed by atoms with Crippen LogP contribution in [0.15, 0.2) is 30.5 Å². The van der Waals surface area contributed by atoms with Crippen LogP contribution < -0.4 is 10.6 Å². The van der Waals surface area contributed by atoms with E-state index < -0.39 is 0 Å². The predicted octanol–water partition coefficient (Wildman–Crippen LogP) is 2.32. The fourth-order valence-electron chi connectivity index (χ4n) is 2.98. The van der Waals surface area contributed by atoms with E-state index in [9.17, 15) is 10.1 Å². The highest BCUT2D eigenvalue weighted by Crippen LogP contribution is 2.33. The Morgan fingerprint density at radius 1 is 1.33 bits per heavy atom. The van der Waals surface area contributed by atoms with Gasteiger partial charge in [0.15, 0.2) is 0 Å². The van der Waals surface area contributed by atoms with E-state index in [1.807, 2.05) is 18.2 Å². The lowest BCUT2D eigenvalue weighted by Gasteiger charge is -2.33. The van der Waals surface area contributed by atoms with Gasteiger partial charge < -0.3 is 10.6 Å². The third-order valence-electron chi connectivity index (χ3n) is 4.21. The molecule has 2 heterocycles. The number of piperidine rings is 1. The SMILES string of the molecule is NCC1CCN(c2ccc([N+](=O)[O-])c3ncccc23)CC1. The summed E-state index contributed by atoms with van der Waals surface area (Å²) in [7, 11) is 0. The van der Waals surface area contributed by atoms with E-state index in [2.05, 4.69) is 9.88 Å². The van der Waals surface area contributed by atoms with Crippen molar-refractivity contribution in [1.82, 2.24) is 4.98 Å². The zero-order valence-corrected chi connectivity index (χ0v) is 11.7. The van der Waals surface area contributed by atoms with Gasteiger partial charge in [0.1, 0.15) is 5.52 Å². The molecule has 21 heavy (non-hydrogen) atoms. The number of fused-ring (bicyclic) bond motifs is 1. The molecule has 1 aliphatic heterocycles. The third kappa shape index (κ3) is 2.54. The summed E-state index contributed by atoms with van der Waals surface area (Å²) < 4.78 is 0. The molecule has 0 amide bonds. The van der Waals surface area contributed by atoms with Gasteiger partial charge in [-0.25, -0.2) is 4.98 Å². The molecule has 1 fully saturated rings. The molecular formula is C15H18N4O2. The molecule has 1 aliphatic rings. The monoisotopic (exact) mass is 286 g/mol. The number of nitro groups is 1. The number of hydrogen-bond acceptors (Lipinski definition) is 5. The summed E-state index contributed by atoms with van der Waals surface area (Å²) in [6.45, 7) is 2.60. The second-order valence-corrected chi connectivity index (χ2v) is 5.43. The van der Waals surface area contributed by atoms with Crippen LogP contribution in [0.5, 0.6) is 0 Å². The first-order chi connectivity index (χ1) is 10.2.